The number of hydrogen-bond donors (Lipinski definition) is 2. The topological polar surface area (TPSA) is 67.4 Å². The lowest BCUT2D eigenvalue weighted by Crippen LogP contribution is -2.38. The van der Waals surface area contributed by atoms with E-state index in [1.807, 2.05) is 0 Å². The molecule has 0 saturated carbocycles. The minimum Gasteiger partial charge on any atom is -0.497 e. The third-order valence-corrected chi connectivity index (χ3v) is 2.72. The number of hydrogen-bond acceptors (Lipinski definition) is 3. The van der Waals surface area contributed by atoms with Gasteiger partial charge in [0.2, 0.25) is 5.91 Å². The van der Waals surface area contributed by atoms with Gasteiger partial charge in [0, 0.05) is 13.1 Å². The van der Waals surface area contributed by atoms with Gasteiger partial charge in [0.25, 0.3) is 0 Å². The molecule has 5 nitrogen and oxygen atoms in total. The molecule has 0 heterocycles. The van der Waals surface area contributed by atoms with Crippen molar-refractivity contribution in [2.45, 2.75) is 19.0 Å². The van der Waals surface area contributed by atoms with E-state index in [4.69, 9.17) is 4.74 Å². The molecule has 0 aliphatic carbocycles. The summed E-state index contributed by atoms with van der Waals surface area (Å²) in [5.41, 5.74) is 0.766. The van der Waals surface area contributed by atoms with Crippen LogP contribution in [0.3, 0.4) is 0 Å². The number of nitrogens with one attached hydrogen (secondary N) is 2. The predicted molar refractivity (Wildman–Crippen MR) is 73.4 cm³/mol. The van der Waals surface area contributed by atoms with Crippen molar-refractivity contribution in [3.63, 3.8) is 0 Å². The molecule has 8 heteroatoms. The minimum absolute atomic E-state index is 0.145. The van der Waals surface area contributed by atoms with Gasteiger partial charge in [-0.2, -0.15) is 13.2 Å². The first-order chi connectivity index (χ1) is 10.3. The van der Waals surface area contributed by atoms with E-state index in [0.717, 1.165) is 5.56 Å². The second-order valence-electron chi connectivity index (χ2n) is 4.49. The van der Waals surface area contributed by atoms with Crippen LogP contribution in [0.25, 0.3) is 0 Å². The second-order valence-corrected chi connectivity index (χ2v) is 4.49. The summed E-state index contributed by atoms with van der Waals surface area (Å²) in [5.74, 6) is -1.59. The lowest BCUT2D eigenvalue weighted by atomic mass is 10.1. The highest BCUT2D eigenvalue weighted by Gasteiger charge is 2.38. The first-order valence-corrected chi connectivity index (χ1v) is 6.57. The van der Waals surface area contributed by atoms with Gasteiger partial charge in [0.15, 0.2) is 0 Å². The number of benzene rings is 1. The van der Waals surface area contributed by atoms with E-state index in [1.54, 1.807) is 29.6 Å². The standard InChI is InChI=1S/C14H17F3N2O3/c1-22-11-5-2-4-10(8-11)9-12(20)18-6-3-7-19-13(21)14(15,16)17/h2,4-5,8H,3,6-7,9H2,1H3,(H,18,20)(H,19,21). The summed E-state index contributed by atoms with van der Waals surface area (Å²) in [7, 11) is 1.52. The highest BCUT2D eigenvalue weighted by atomic mass is 19.4. The van der Waals surface area contributed by atoms with Crippen molar-refractivity contribution < 1.29 is 27.5 Å². The summed E-state index contributed by atoms with van der Waals surface area (Å²) < 4.78 is 40.7. The van der Waals surface area contributed by atoms with Crippen molar-refractivity contribution >= 4 is 11.8 Å². The van der Waals surface area contributed by atoms with Crippen LogP contribution in [0.15, 0.2) is 24.3 Å². The predicted octanol–water partition coefficient (Wildman–Crippen LogP) is 1.42. The maximum Gasteiger partial charge on any atom is 0.471 e. The lowest BCUT2D eigenvalue weighted by molar-refractivity contribution is -0.173. The van der Waals surface area contributed by atoms with Crippen LogP contribution in [0, 0.1) is 0 Å². The molecule has 2 amide bonds. The van der Waals surface area contributed by atoms with Crippen LogP contribution < -0.4 is 15.4 Å². The summed E-state index contributed by atoms with van der Waals surface area (Å²) in [6, 6.07) is 7.01. The molecule has 0 spiro atoms. The molecule has 0 aliphatic rings. The smallest absolute Gasteiger partial charge is 0.471 e. The monoisotopic (exact) mass is 318 g/mol. The van der Waals surface area contributed by atoms with Gasteiger partial charge < -0.3 is 15.4 Å². The number of ether oxygens (including phenoxy) is 1. The van der Waals surface area contributed by atoms with Crippen molar-refractivity contribution in [1.29, 1.82) is 0 Å². The maximum absolute atomic E-state index is 11.9. The largest absolute Gasteiger partial charge is 0.497 e. The Morgan fingerprint density at radius 3 is 2.50 bits per heavy atom. The summed E-state index contributed by atoms with van der Waals surface area (Å²) in [6.45, 7) is 0.0265. The number of halogens is 3. The van der Waals surface area contributed by atoms with Gasteiger partial charge >= 0.3 is 12.1 Å². The zero-order valence-electron chi connectivity index (χ0n) is 12.0. The number of carbonyl (C=O) groups is 2. The molecule has 1 rings (SSSR count). The van der Waals surface area contributed by atoms with Crippen LogP contribution in [0.5, 0.6) is 5.75 Å². The van der Waals surface area contributed by atoms with Crippen LogP contribution in [-0.4, -0.2) is 38.2 Å². The Hall–Kier alpha value is -2.25. The van der Waals surface area contributed by atoms with Gasteiger partial charge in [-0.25, -0.2) is 0 Å². The van der Waals surface area contributed by atoms with Crippen molar-refractivity contribution in [3.05, 3.63) is 29.8 Å². The average Bonchev–Trinajstić information content (AvgIpc) is 2.45. The summed E-state index contributed by atoms with van der Waals surface area (Å²) in [6.07, 6.45) is -4.52. The van der Waals surface area contributed by atoms with E-state index in [-0.39, 0.29) is 31.8 Å². The Bertz CT molecular complexity index is 518. The van der Waals surface area contributed by atoms with E-state index in [2.05, 4.69) is 5.32 Å². The molecule has 0 bridgehead atoms. The molecule has 1 aromatic rings. The van der Waals surface area contributed by atoms with Crippen molar-refractivity contribution in [1.82, 2.24) is 10.6 Å². The minimum atomic E-state index is -4.88. The molecular weight excluding hydrogens is 301 g/mol. The highest BCUT2D eigenvalue weighted by Crippen LogP contribution is 2.14. The lowest BCUT2D eigenvalue weighted by Gasteiger charge is -2.09. The Morgan fingerprint density at radius 2 is 1.86 bits per heavy atom. The van der Waals surface area contributed by atoms with Gasteiger partial charge in [-0.3, -0.25) is 9.59 Å². The van der Waals surface area contributed by atoms with Gasteiger partial charge in [0.05, 0.1) is 13.5 Å². The van der Waals surface area contributed by atoms with Crippen molar-refractivity contribution in [2.24, 2.45) is 0 Å². The normalized spacial score (nSPS) is 10.9. The first-order valence-electron chi connectivity index (χ1n) is 6.57. The van der Waals surface area contributed by atoms with Crippen molar-refractivity contribution in [3.8, 4) is 5.75 Å². The number of methoxy groups -OCH3 is 1. The van der Waals surface area contributed by atoms with Gasteiger partial charge in [-0.05, 0) is 24.1 Å². The Labute approximate surface area is 125 Å². The van der Waals surface area contributed by atoms with Crippen LogP contribution >= 0.6 is 0 Å². The van der Waals surface area contributed by atoms with E-state index < -0.39 is 12.1 Å². The third-order valence-electron chi connectivity index (χ3n) is 2.72. The fourth-order valence-electron chi connectivity index (χ4n) is 1.65. The molecule has 0 fully saturated rings. The highest BCUT2D eigenvalue weighted by molar-refractivity contribution is 5.81. The molecule has 122 valence electrons. The van der Waals surface area contributed by atoms with Gasteiger partial charge in [-0.15, -0.1) is 0 Å². The van der Waals surface area contributed by atoms with Gasteiger partial charge in [-0.1, -0.05) is 12.1 Å². The summed E-state index contributed by atoms with van der Waals surface area (Å²) >= 11 is 0. The SMILES string of the molecule is COc1cccc(CC(=O)NCCCNC(=O)C(F)(F)F)c1. The van der Waals surface area contributed by atoms with E-state index in [9.17, 15) is 22.8 Å². The fourth-order valence-corrected chi connectivity index (χ4v) is 1.65. The molecule has 2 N–H and O–H groups in total. The van der Waals surface area contributed by atoms with E-state index in [1.165, 1.54) is 7.11 Å². The zero-order chi connectivity index (χ0) is 16.6. The number of alkyl halides is 3. The number of amides is 2. The molecule has 0 radical (unpaired) electrons. The molecule has 0 unspecified atom stereocenters. The van der Waals surface area contributed by atoms with Crippen molar-refractivity contribution in [2.75, 3.05) is 20.2 Å². The number of rotatable bonds is 7. The first kappa shape index (κ1) is 17.8. The van der Waals surface area contributed by atoms with Crippen LogP contribution in [-0.2, 0) is 16.0 Å². The zero-order valence-corrected chi connectivity index (χ0v) is 12.0. The van der Waals surface area contributed by atoms with Crippen LogP contribution in [0.2, 0.25) is 0 Å². The Morgan fingerprint density at radius 1 is 1.18 bits per heavy atom. The second kappa shape index (κ2) is 8.26. The van der Waals surface area contributed by atoms with E-state index in [0.29, 0.717) is 5.75 Å². The fraction of sp³-hybridized carbons (Fsp3) is 0.429. The Kier molecular flexibility index (Phi) is 6.68. The van der Waals surface area contributed by atoms with Crippen LogP contribution in [0.4, 0.5) is 13.2 Å². The van der Waals surface area contributed by atoms with Gasteiger partial charge in [0.1, 0.15) is 5.75 Å². The molecule has 22 heavy (non-hydrogen) atoms. The average molecular weight is 318 g/mol. The molecule has 0 aliphatic heterocycles. The number of carbonyl (C=O) groups excluding carboxylic acids is 2. The van der Waals surface area contributed by atoms with Crippen LogP contribution in [0.1, 0.15) is 12.0 Å². The van der Waals surface area contributed by atoms with E-state index >= 15 is 0 Å². The molecule has 1 aromatic carbocycles. The summed E-state index contributed by atoms with van der Waals surface area (Å²) in [5, 5.41) is 4.30. The maximum atomic E-state index is 11.9. The third kappa shape index (κ3) is 6.47. The quantitative estimate of drug-likeness (QED) is 0.747. The Balaban J connectivity index is 2.22. The summed E-state index contributed by atoms with van der Waals surface area (Å²) in [4.78, 5) is 22.2. The molecule has 0 aromatic heterocycles. The molecule has 0 atom stereocenters. The molecule has 0 saturated heterocycles. The molecular formula is C14H17F3N2O3.